The van der Waals surface area contributed by atoms with Gasteiger partial charge in [0.25, 0.3) is 0 Å². The molecule has 39 heavy (non-hydrogen) atoms. The lowest BCUT2D eigenvalue weighted by atomic mass is 9.87. The van der Waals surface area contributed by atoms with Crippen LogP contribution in [0, 0.1) is 5.92 Å². The molecule has 6 heteroatoms. The van der Waals surface area contributed by atoms with Crippen molar-refractivity contribution in [2.75, 3.05) is 6.54 Å². The number of carbonyl (C=O) groups is 2. The van der Waals surface area contributed by atoms with Crippen LogP contribution in [-0.4, -0.2) is 33.4 Å². The van der Waals surface area contributed by atoms with Crippen LogP contribution in [0.5, 0.6) is 0 Å². The van der Waals surface area contributed by atoms with Crippen LogP contribution in [0.25, 0.3) is 11.1 Å². The molecule has 2 heterocycles. The number of hydrogen-bond donors (Lipinski definition) is 2. The molecule has 2 atom stereocenters. The second-order valence-corrected chi connectivity index (χ2v) is 10.5. The summed E-state index contributed by atoms with van der Waals surface area (Å²) in [5, 5.41) is 12.7. The van der Waals surface area contributed by atoms with Gasteiger partial charge in [-0.3, -0.25) is 14.7 Å². The predicted octanol–water partition coefficient (Wildman–Crippen LogP) is 5.43. The maximum Gasteiger partial charge on any atom is 0.335 e. The average molecular weight is 518 g/mol. The van der Waals surface area contributed by atoms with E-state index in [1.807, 2.05) is 48.8 Å². The SMILES string of the molecule is O=C(O)c1cccc(-c2ccc(CNC(=O)C3CC3c3ccccc3)c3c2CCN(Cc2ccncc2)C3)c1. The smallest absolute Gasteiger partial charge is 0.335 e. The highest BCUT2D eigenvalue weighted by molar-refractivity contribution is 5.89. The number of benzene rings is 3. The van der Waals surface area contributed by atoms with E-state index in [-0.39, 0.29) is 17.4 Å². The van der Waals surface area contributed by atoms with Gasteiger partial charge in [0.2, 0.25) is 5.91 Å². The third-order valence-electron chi connectivity index (χ3n) is 7.97. The number of aromatic carboxylic acids is 1. The Morgan fingerprint density at radius 2 is 1.77 bits per heavy atom. The molecular weight excluding hydrogens is 486 g/mol. The number of carbonyl (C=O) groups excluding carboxylic acids is 1. The molecule has 4 aromatic rings. The van der Waals surface area contributed by atoms with E-state index < -0.39 is 5.97 Å². The van der Waals surface area contributed by atoms with E-state index in [1.54, 1.807) is 18.2 Å². The van der Waals surface area contributed by atoms with Crippen molar-refractivity contribution >= 4 is 11.9 Å². The van der Waals surface area contributed by atoms with Crippen molar-refractivity contribution in [3.63, 3.8) is 0 Å². The average Bonchev–Trinajstić information content (AvgIpc) is 3.78. The molecule has 2 unspecified atom stereocenters. The molecule has 1 aromatic heterocycles. The van der Waals surface area contributed by atoms with Crippen molar-refractivity contribution in [1.82, 2.24) is 15.2 Å². The van der Waals surface area contributed by atoms with Gasteiger partial charge in [0.05, 0.1) is 5.56 Å². The molecule has 1 aliphatic heterocycles. The fourth-order valence-corrected chi connectivity index (χ4v) is 5.80. The van der Waals surface area contributed by atoms with Crippen LogP contribution in [0.2, 0.25) is 0 Å². The number of pyridine rings is 1. The predicted molar refractivity (Wildman–Crippen MR) is 150 cm³/mol. The van der Waals surface area contributed by atoms with Gasteiger partial charge in [-0.2, -0.15) is 0 Å². The van der Waals surface area contributed by atoms with Crippen LogP contribution in [0.4, 0.5) is 0 Å². The third kappa shape index (κ3) is 5.47. The van der Waals surface area contributed by atoms with Gasteiger partial charge in [0.15, 0.2) is 0 Å². The lowest BCUT2D eigenvalue weighted by molar-refractivity contribution is -0.122. The van der Waals surface area contributed by atoms with Gasteiger partial charge >= 0.3 is 5.97 Å². The Morgan fingerprint density at radius 3 is 2.56 bits per heavy atom. The van der Waals surface area contributed by atoms with Gasteiger partial charge in [0.1, 0.15) is 0 Å². The largest absolute Gasteiger partial charge is 0.478 e. The second kappa shape index (κ2) is 10.8. The molecule has 6 rings (SSSR count). The van der Waals surface area contributed by atoms with Crippen LogP contribution in [0.3, 0.4) is 0 Å². The molecule has 0 saturated heterocycles. The molecule has 6 nitrogen and oxygen atoms in total. The maximum atomic E-state index is 13.0. The minimum absolute atomic E-state index is 0.0319. The van der Waals surface area contributed by atoms with E-state index in [0.717, 1.165) is 49.2 Å². The Hall–Kier alpha value is -4.29. The Balaban J connectivity index is 1.25. The fourth-order valence-electron chi connectivity index (χ4n) is 5.80. The minimum atomic E-state index is -0.928. The zero-order valence-corrected chi connectivity index (χ0v) is 21.7. The van der Waals surface area contributed by atoms with Gasteiger partial charge in [0, 0.05) is 44.5 Å². The summed E-state index contributed by atoms with van der Waals surface area (Å²) in [6.07, 6.45) is 5.39. The molecule has 3 aromatic carbocycles. The third-order valence-corrected chi connectivity index (χ3v) is 7.97. The van der Waals surface area contributed by atoms with Gasteiger partial charge in [-0.15, -0.1) is 0 Å². The molecule has 0 spiro atoms. The molecule has 1 amide bonds. The van der Waals surface area contributed by atoms with Crippen LogP contribution in [0.1, 0.15) is 50.5 Å². The molecule has 1 fully saturated rings. The molecule has 2 aliphatic rings. The highest BCUT2D eigenvalue weighted by atomic mass is 16.4. The van der Waals surface area contributed by atoms with E-state index in [4.69, 9.17) is 0 Å². The summed E-state index contributed by atoms with van der Waals surface area (Å²) in [6.45, 7) is 2.98. The zero-order chi connectivity index (χ0) is 26.8. The van der Waals surface area contributed by atoms with E-state index in [9.17, 15) is 14.7 Å². The lowest BCUT2D eigenvalue weighted by Crippen LogP contribution is -2.32. The normalized spacial score (nSPS) is 18.3. The minimum Gasteiger partial charge on any atom is -0.478 e. The van der Waals surface area contributed by atoms with E-state index in [2.05, 4.69) is 39.5 Å². The van der Waals surface area contributed by atoms with Crippen molar-refractivity contribution in [3.05, 3.63) is 125 Å². The summed E-state index contributed by atoms with van der Waals surface area (Å²) < 4.78 is 0. The summed E-state index contributed by atoms with van der Waals surface area (Å²) in [4.78, 5) is 31.2. The molecule has 0 bridgehead atoms. The van der Waals surface area contributed by atoms with E-state index in [1.165, 1.54) is 22.3 Å². The molecule has 1 aliphatic carbocycles. The number of fused-ring (bicyclic) bond motifs is 1. The number of nitrogens with one attached hydrogen (secondary N) is 1. The highest BCUT2D eigenvalue weighted by Crippen LogP contribution is 2.47. The van der Waals surface area contributed by atoms with Crippen molar-refractivity contribution in [1.29, 1.82) is 0 Å². The standard InChI is InChI=1S/C33H31N3O3/c37-32(30-18-29(30)23-5-2-1-3-6-23)35-19-26-9-10-27(24-7-4-8-25(17-24)33(38)39)28-13-16-36(21-31(26)28)20-22-11-14-34-15-12-22/h1-12,14-15,17,29-30H,13,16,18-21H2,(H,35,37)(H,38,39). The number of amides is 1. The number of rotatable bonds is 8. The Labute approximate surface area is 228 Å². The quantitative estimate of drug-likeness (QED) is 0.326. The number of carboxylic acid groups (broad SMARTS) is 1. The zero-order valence-electron chi connectivity index (χ0n) is 21.7. The van der Waals surface area contributed by atoms with Crippen LogP contribution in [-0.2, 0) is 30.8 Å². The number of aromatic nitrogens is 1. The van der Waals surface area contributed by atoms with Crippen molar-refractivity contribution < 1.29 is 14.7 Å². The first kappa shape index (κ1) is 25.0. The Bertz CT molecular complexity index is 1500. The van der Waals surface area contributed by atoms with Gasteiger partial charge in [-0.05, 0) is 82.0 Å². The lowest BCUT2D eigenvalue weighted by Gasteiger charge is -2.32. The van der Waals surface area contributed by atoms with E-state index in [0.29, 0.717) is 12.5 Å². The summed E-state index contributed by atoms with van der Waals surface area (Å²) >= 11 is 0. The van der Waals surface area contributed by atoms with Gasteiger partial charge < -0.3 is 10.4 Å². The van der Waals surface area contributed by atoms with Crippen molar-refractivity contribution in [3.8, 4) is 11.1 Å². The first-order valence-electron chi connectivity index (χ1n) is 13.5. The molecule has 1 saturated carbocycles. The second-order valence-electron chi connectivity index (χ2n) is 10.5. The van der Waals surface area contributed by atoms with Gasteiger partial charge in [-0.25, -0.2) is 4.79 Å². The first-order valence-corrected chi connectivity index (χ1v) is 13.5. The van der Waals surface area contributed by atoms with Gasteiger partial charge in [-0.1, -0.05) is 54.6 Å². The fraction of sp³-hybridized carbons (Fsp3) is 0.242. The number of nitrogens with zero attached hydrogens (tertiary/aromatic N) is 2. The summed E-state index contributed by atoms with van der Waals surface area (Å²) in [7, 11) is 0. The van der Waals surface area contributed by atoms with Crippen molar-refractivity contribution in [2.24, 2.45) is 5.92 Å². The number of hydrogen-bond acceptors (Lipinski definition) is 4. The monoisotopic (exact) mass is 517 g/mol. The first-order chi connectivity index (χ1) is 19.1. The number of carboxylic acids is 1. The maximum absolute atomic E-state index is 13.0. The van der Waals surface area contributed by atoms with Crippen LogP contribution < -0.4 is 5.32 Å². The molecule has 2 N–H and O–H groups in total. The molecule has 0 radical (unpaired) electrons. The Morgan fingerprint density at radius 1 is 0.949 bits per heavy atom. The highest BCUT2D eigenvalue weighted by Gasteiger charge is 2.43. The molecule has 196 valence electrons. The van der Waals surface area contributed by atoms with E-state index >= 15 is 0 Å². The summed E-state index contributed by atoms with van der Waals surface area (Å²) in [5.41, 5.74) is 8.29. The van der Waals surface area contributed by atoms with Crippen LogP contribution in [0.15, 0.2) is 91.3 Å². The molecular formula is C33H31N3O3. The summed E-state index contributed by atoms with van der Waals surface area (Å²) in [5.74, 6) is -0.480. The van der Waals surface area contributed by atoms with Crippen LogP contribution >= 0.6 is 0 Å². The topological polar surface area (TPSA) is 82.5 Å². The summed E-state index contributed by atoms with van der Waals surface area (Å²) in [6, 6.07) is 25.7. The van der Waals surface area contributed by atoms with Crippen molar-refractivity contribution in [2.45, 2.75) is 38.4 Å². The Kier molecular flexibility index (Phi) is 6.95.